The van der Waals surface area contributed by atoms with Crippen molar-refractivity contribution in [1.29, 1.82) is 0 Å². The van der Waals surface area contributed by atoms with E-state index in [0.29, 0.717) is 23.6 Å². The molecule has 0 unspecified atom stereocenters. The van der Waals surface area contributed by atoms with E-state index >= 15 is 0 Å². The Morgan fingerprint density at radius 1 is 1.31 bits per heavy atom. The van der Waals surface area contributed by atoms with Crippen LogP contribution in [0.25, 0.3) is 0 Å². The minimum atomic E-state index is -0.478. The number of carbonyl (C=O) groups is 1. The van der Waals surface area contributed by atoms with E-state index in [2.05, 4.69) is 0 Å². The standard InChI is InChI=1S/C11H15NO4/c1-14-5-6-16-11(13)9-7-8(15-2)3-4-10(9)12/h3-4,7H,5-6,12H2,1-2H3. The van der Waals surface area contributed by atoms with Crippen LogP contribution in [0.3, 0.4) is 0 Å². The van der Waals surface area contributed by atoms with Crippen molar-refractivity contribution in [1.82, 2.24) is 0 Å². The molecule has 0 aliphatic rings. The van der Waals surface area contributed by atoms with Gasteiger partial charge in [0.25, 0.3) is 0 Å². The zero-order chi connectivity index (χ0) is 12.0. The number of hydrogen-bond acceptors (Lipinski definition) is 5. The average molecular weight is 225 g/mol. The third kappa shape index (κ3) is 3.13. The summed E-state index contributed by atoms with van der Waals surface area (Å²) in [5.41, 5.74) is 6.33. The first kappa shape index (κ1) is 12.3. The summed E-state index contributed by atoms with van der Waals surface area (Å²) in [7, 11) is 3.05. The molecule has 0 aliphatic heterocycles. The van der Waals surface area contributed by atoms with Crippen molar-refractivity contribution in [3.05, 3.63) is 23.8 Å². The summed E-state index contributed by atoms with van der Waals surface area (Å²) in [6.45, 7) is 0.557. The molecule has 0 bridgehead atoms. The Bertz CT molecular complexity index is 365. The lowest BCUT2D eigenvalue weighted by Gasteiger charge is -2.08. The minimum Gasteiger partial charge on any atom is -0.497 e. The second kappa shape index (κ2) is 5.97. The molecular weight excluding hydrogens is 210 g/mol. The van der Waals surface area contributed by atoms with Gasteiger partial charge in [0.1, 0.15) is 12.4 Å². The fourth-order valence-corrected chi connectivity index (χ4v) is 1.13. The normalized spacial score (nSPS) is 9.88. The second-order valence-corrected chi connectivity index (χ2v) is 3.08. The maximum atomic E-state index is 11.6. The number of ether oxygens (including phenoxy) is 3. The molecule has 1 rings (SSSR count). The van der Waals surface area contributed by atoms with E-state index in [1.807, 2.05) is 0 Å². The Morgan fingerprint density at radius 3 is 2.69 bits per heavy atom. The van der Waals surface area contributed by atoms with Crippen LogP contribution in [0.5, 0.6) is 5.75 Å². The lowest BCUT2D eigenvalue weighted by molar-refractivity contribution is 0.0389. The smallest absolute Gasteiger partial charge is 0.340 e. The van der Waals surface area contributed by atoms with Crippen LogP contribution in [-0.4, -0.2) is 33.4 Å². The van der Waals surface area contributed by atoms with Crippen LogP contribution in [0, 0.1) is 0 Å². The number of nitrogen functional groups attached to an aromatic ring is 1. The monoisotopic (exact) mass is 225 g/mol. The Kier molecular flexibility index (Phi) is 4.60. The molecule has 0 fully saturated rings. The zero-order valence-electron chi connectivity index (χ0n) is 9.36. The number of hydrogen-bond donors (Lipinski definition) is 1. The summed E-state index contributed by atoms with van der Waals surface area (Å²) in [6, 6.07) is 4.83. The lowest BCUT2D eigenvalue weighted by atomic mass is 10.2. The summed E-state index contributed by atoms with van der Waals surface area (Å²) in [4.78, 5) is 11.6. The maximum absolute atomic E-state index is 11.6. The fourth-order valence-electron chi connectivity index (χ4n) is 1.13. The zero-order valence-corrected chi connectivity index (χ0v) is 9.36. The minimum absolute atomic E-state index is 0.200. The van der Waals surface area contributed by atoms with Gasteiger partial charge >= 0.3 is 5.97 Å². The molecule has 0 aliphatic carbocycles. The largest absolute Gasteiger partial charge is 0.497 e. The third-order valence-corrected chi connectivity index (χ3v) is 2.00. The Hall–Kier alpha value is -1.75. The van der Waals surface area contributed by atoms with Crippen LogP contribution in [0.15, 0.2) is 18.2 Å². The van der Waals surface area contributed by atoms with Gasteiger partial charge in [0.15, 0.2) is 0 Å². The van der Waals surface area contributed by atoms with Gasteiger partial charge in [-0.1, -0.05) is 0 Å². The van der Waals surface area contributed by atoms with Gasteiger partial charge in [-0.25, -0.2) is 4.79 Å². The molecule has 0 radical (unpaired) electrons. The maximum Gasteiger partial charge on any atom is 0.340 e. The molecule has 0 saturated carbocycles. The summed E-state index contributed by atoms with van der Waals surface area (Å²) >= 11 is 0. The Labute approximate surface area is 94.1 Å². The average Bonchev–Trinajstić information content (AvgIpc) is 2.30. The van der Waals surface area contributed by atoms with Crippen LogP contribution in [0.1, 0.15) is 10.4 Å². The molecule has 0 amide bonds. The molecular formula is C11H15NO4. The first-order chi connectivity index (χ1) is 7.69. The van der Waals surface area contributed by atoms with Crippen molar-refractivity contribution in [2.24, 2.45) is 0 Å². The van der Waals surface area contributed by atoms with Crippen molar-refractivity contribution in [3.8, 4) is 5.75 Å². The Morgan fingerprint density at radius 2 is 2.06 bits per heavy atom. The number of anilines is 1. The van der Waals surface area contributed by atoms with Gasteiger partial charge in [-0.05, 0) is 18.2 Å². The first-order valence-electron chi connectivity index (χ1n) is 4.78. The molecule has 2 N–H and O–H groups in total. The molecule has 5 nitrogen and oxygen atoms in total. The van der Waals surface area contributed by atoms with Crippen molar-refractivity contribution >= 4 is 11.7 Å². The van der Waals surface area contributed by atoms with Gasteiger partial charge in [-0.3, -0.25) is 0 Å². The van der Waals surface area contributed by atoms with Gasteiger partial charge in [-0.2, -0.15) is 0 Å². The highest BCUT2D eigenvalue weighted by atomic mass is 16.6. The van der Waals surface area contributed by atoms with E-state index in [0.717, 1.165) is 0 Å². The molecule has 1 aromatic rings. The van der Waals surface area contributed by atoms with Crippen molar-refractivity contribution in [2.45, 2.75) is 0 Å². The first-order valence-corrected chi connectivity index (χ1v) is 4.78. The lowest BCUT2D eigenvalue weighted by Crippen LogP contribution is -2.12. The SMILES string of the molecule is COCCOC(=O)c1cc(OC)ccc1N. The van der Waals surface area contributed by atoms with Crippen LogP contribution in [0.2, 0.25) is 0 Å². The second-order valence-electron chi connectivity index (χ2n) is 3.08. The Balaban J connectivity index is 2.73. The van der Waals surface area contributed by atoms with Gasteiger partial charge in [0, 0.05) is 12.8 Å². The molecule has 16 heavy (non-hydrogen) atoms. The van der Waals surface area contributed by atoms with Crippen LogP contribution in [-0.2, 0) is 9.47 Å². The highest BCUT2D eigenvalue weighted by Gasteiger charge is 2.12. The summed E-state index contributed by atoms with van der Waals surface area (Å²) in [5, 5.41) is 0. The van der Waals surface area contributed by atoms with E-state index in [-0.39, 0.29) is 6.61 Å². The molecule has 0 aromatic heterocycles. The molecule has 1 aromatic carbocycles. The molecule has 0 saturated heterocycles. The van der Waals surface area contributed by atoms with Gasteiger partial charge in [0.05, 0.1) is 19.3 Å². The van der Waals surface area contributed by atoms with E-state index in [9.17, 15) is 4.79 Å². The molecule has 0 atom stereocenters. The number of esters is 1. The van der Waals surface area contributed by atoms with Crippen LogP contribution in [0.4, 0.5) is 5.69 Å². The number of methoxy groups -OCH3 is 2. The number of benzene rings is 1. The van der Waals surface area contributed by atoms with E-state index in [4.69, 9.17) is 19.9 Å². The van der Waals surface area contributed by atoms with Gasteiger partial charge in [-0.15, -0.1) is 0 Å². The predicted octanol–water partition coefficient (Wildman–Crippen LogP) is 1.08. The predicted molar refractivity (Wildman–Crippen MR) is 59.6 cm³/mol. The van der Waals surface area contributed by atoms with Gasteiger partial charge < -0.3 is 19.9 Å². The molecule has 5 heteroatoms. The molecule has 0 spiro atoms. The summed E-state index contributed by atoms with van der Waals surface area (Å²) in [5.74, 6) is 0.0846. The third-order valence-electron chi connectivity index (χ3n) is 2.00. The van der Waals surface area contributed by atoms with E-state index in [1.165, 1.54) is 14.2 Å². The summed E-state index contributed by atoms with van der Waals surface area (Å²) < 4.78 is 14.7. The van der Waals surface area contributed by atoms with Crippen molar-refractivity contribution in [2.75, 3.05) is 33.2 Å². The number of nitrogens with two attached hydrogens (primary N) is 1. The fraction of sp³-hybridized carbons (Fsp3) is 0.364. The van der Waals surface area contributed by atoms with Crippen LogP contribution >= 0.6 is 0 Å². The molecule has 88 valence electrons. The van der Waals surface area contributed by atoms with Crippen molar-refractivity contribution < 1.29 is 19.0 Å². The summed E-state index contributed by atoms with van der Waals surface area (Å²) in [6.07, 6.45) is 0. The molecule has 0 heterocycles. The van der Waals surface area contributed by atoms with Crippen LogP contribution < -0.4 is 10.5 Å². The number of rotatable bonds is 5. The quantitative estimate of drug-likeness (QED) is 0.461. The van der Waals surface area contributed by atoms with E-state index < -0.39 is 5.97 Å². The highest BCUT2D eigenvalue weighted by molar-refractivity contribution is 5.95. The van der Waals surface area contributed by atoms with Gasteiger partial charge in [0.2, 0.25) is 0 Å². The topological polar surface area (TPSA) is 70.8 Å². The van der Waals surface area contributed by atoms with Crippen molar-refractivity contribution in [3.63, 3.8) is 0 Å². The highest BCUT2D eigenvalue weighted by Crippen LogP contribution is 2.20. The van der Waals surface area contributed by atoms with E-state index in [1.54, 1.807) is 18.2 Å². The number of carbonyl (C=O) groups excluding carboxylic acids is 1.